The highest BCUT2D eigenvalue weighted by molar-refractivity contribution is 5.92. The maximum absolute atomic E-state index is 12.8. The van der Waals surface area contributed by atoms with Gasteiger partial charge in [-0.25, -0.2) is 4.79 Å². The Balaban J connectivity index is 1.75. The molecule has 2 unspecified atom stereocenters. The van der Waals surface area contributed by atoms with Crippen LogP contribution >= 0.6 is 0 Å². The Bertz CT molecular complexity index is 611. The molecule has 2 bridgehead atoms. The first-order valence-electron chi connectivity index (χ1n) is 8.11. The highest BCUT2D eigenvalue weighted by atomic mass is 16.5. The molecule has 1 N–H and O–H groups in total. The van der Waals surface area contributed by atoms with E-state index in [1.807, 2.05) is 17.0 Å². The number of hydrogen-bond donors (Lipinski definition) is 1. The van der Waals surface area contributed by atoms with Crippen molar-refractivity contribution in [3.63, 3.8) is 0 Å². The number of amides is 2. The van der Waals surface area contributed by atoms with Gasteiger partial charge in [0.05, 0.1) is 19.9 Å². The Kier molecular flexibility index (Phi) is 4.46. The maximum atomic E-state index is 12.8. The van der Waals surface area contributed by atoms with E-state index in [-0.39, 0.29) is 6.03 Å². The topological polar surface area (TPSA) is 50.8 Å². The Morgan fingerprint density at radius 1 is 1.22 bits per heavy atom. The predicted molar refractivity (Wildman–Crippen MR) is 90.2 cm³/mol. The molecule has 5 nitrogen and oxygen atoms in total. The standard InChI is InChI=1S/C18H24N2O3/c1-4-12-9-13-5-6-14(10-12)20(13)18(21)19-16-8-7-15(22-2)11-17(16)23-3/h4,7-8,11,13-14H,5-6,9-10H2,1-3H3,(H,19,21). The largest absolute Gasteiger partial charge is 0.497 e. The molecule has 2 saturated heterocycles. The van der Waals surface area contributed by atoms with Gasteiger partial charge in [-0.2, -0.15) is 0 Å². The fourth-order valence-corrected chi connectivity index (χ4v) is 3.70. The van der Waals surface area contributed by atoms with Gasteiger partial charge in [-0.1, -0.05) is 11.6 Å². The third-order valence-electron chi connectivity index (χ3n) is 4.91. The molecule has 0 aromatic heterocycles. The number of piperidine rings is 1. The lowest BCUT2D eigenvalue weighted by molar-refractivity contribution is 0.173. The molecule has 124 valence electrons. The minimum atomic E-state index is -0.0314. The van der Waals surface area contributed by atoms with Gasteiger partial charge in [-0.05, 0) is 44.7 Å². The summed E-state index contributed by atoms with van der Waals surface area (Å²) in [7, 11) is 3.20. The number of anilines is 1. The zero-order valence-corrected chi connectivity index (χ0v) is 14.0. The number of carbonyl (C=O) groups excluding carboxylic acids is 1. The van der Waals surface area contributed by atoms with Crippen LogP contribution in [0.1, 0.15) is 32.6 Å². The summed E-state index contributed by atoms with van der Waals surface area (Å²) in [6.45, 7) is 2.09. The van der Waals surface area contributed by atoms with E-state index in [1.54, 1.807) is 20.3 Å². The van der Waals surface area contributed by atoms with Crippen LogP contribution in [0, 0.1) is 0 Å². The second-order valence-electron chi connectivity index (χ2n) is 6.14. The first-order valence-corrected chi connectivity index (χ1v) is 8.11. The van der Waals surface area contributed by atoms with Gasteiger partial charge >= 0.3 is 6.03 Å². The first-order chi connectivity index (χ1) is 11.2. The van der Waals surface area contributed by atoms with Crippen molar-refractivity contribution >= 4 is 11.7 Å². The zero-order valence-electron chi connectivity index (χ0n) is 14.0. The Morgan fingerprint density at radius 3 is 2.48 bits per heavy atom. The van der Waals surface area contributed by atoms with Gasteiger partial charge in [0.1, 0.15) is 11.5 Å². The van der Waals surface area contributed by atoms with Crippen molar-refractivity contribution < 1.29 is 14.3 Å². The summed E-state index contributed by atoms with van der Waals surface area (Å²) in [4.78, 5) is 14.8. The number of hydrogen-bond acceptors (Lipinski definition) is 3. The lowest BCUT2D eigenvalue weighted by atomic mass is 9.97. The lowest BCUT2D eigenvalue weighted by Gasteiger charge is -2.36. The van der Waals surface area contributed by atoms with Gasteiger partial charge in [0, 0.05) is 18.2 Å². The summed E-state index contributed by atoms with van der Waals surface area (Å²) >= 11 is 0. The molecule has 5 heteroatoms. The number of benzene rings is 1. The van der Waals surface area contributed by atoms with E-state index in [4.69, 9.17) is 9.47 Å². The molecule has 2 fully saturated rings. The molecule has 2 heterocycles. The fraction of sp³-hybridized carbons (Fsp3) is 0.500. The van der Waals surface area contributed by atoms with Gasteiger partial charge in [0.25, 0.3) is 0 Å². The van der Waals surface area contributed by atoms with Gasteiger partial charge < -0.3 is 19.7 Å². The third-order valence-corrected chi connectivity index (χ3v) is 4.91. The number of urea groups is 1. The van der Waals surface area contributed by atoms with Crippen LogP contribution in [0.3, 0.4) is 0 Å². The van der Waals surface area contributed by atoms with Crippen molar-refractivity contribution in [3.05, 3.63) is 29.8 Å². The Labute approximate surface area is 137 Å². The van der Waals surface area contributed by atoms with E-state index in [0.717, 1.165) is 25.7 Å². The van der Waals surface area contributed by atoms with Crippen LogP contribution in [0.25, 0.3) is 0 Å². The molecule has 23 heavy (non-hydrogen) atoms. The Morgan fingerprint density at radius 2 is 1.91 bits per heavy atom. The molecule has 2 atom stereocenters. The zero-order chi connectivity index (χ0) is 16.4. The van der Waals surface area contributed by atoms with Crippen molar-refractivity contribution in [2.75, 3.05) is 19.5 Å². The molecule has 0 spiro atoms. The summed E-state index contributed by atoms with van der Waals surface area (Å²) in [6.07, 6.45) is 6.39. The van der Waals surface area contributed by atoms with Crippen LogP contribution in [0.2, 0.25) is 0 Å². The number of carbonyl (C=O) groups is 1. The van der Waals surface area contributed by atoms with E-state index in [0.29, 0.717) is 29.3 Å². The van der Waals surface area contributed by atoms with Crippen molar-refractivity contribution in [2.45, 2.75) is 44.7 Å². The molecule has 1 aromatic rings. The highest BCUT2D eigenvalue weighted by Crippen LogP contribution is 2.39. The predicted octanol–water partition coefficient (Wildman–Crippen LogP) is 3.81. The van der Waals surface area contributed by atoms with Crippen LogP contribution in [0.15, 0.2) is 29.8 Å². The summed E-state index contributed by atoms with van der Waals surface area (Å²) in [5.74, 6) is 1.31. The van der Waals surface area contributed by atoms with E-state index >= 15 is 0 Å². The van der Waals surface area contributed by atoms with Gasteiger partial charge in [0.2, 0.25) is 0 Å². The molecule has 2 amide bonds. The number of methoxy groups -OCH3 is 2. The quantitative estimate of drug-likeness (QED) is 0.863. The molecule has 0 aliphatic carbocycles. The Hall–Kier alpha value is -2.17. The fourth-order valence-electron chi connectivity index (χ4n) is 3.70. The van der Waals surface area contributed by atoms with Crippen molar-refractivity contribution in [2.24, 2.45) is 0 Å². The summed E-state index contributed by atoms with van der Waals surface area (Å²) in [6, 6.07) is 6.03. The van der Waals surface area contributed by atoms with E-state index in [1.165, 1.54) is 5.57 Å². The van der Waals surface area contributed by atoms with Crippen molar-refractivity contribution in [3.8, 4) is 11.5 Å². The molecule has 2 aliphatic rings. The second-order valence-corrected chi connectivity index (χ2v) is 6.14. The number of ether oxygens (including phenoxy) is 2. The van der Waals surface area contributed by atoms with Crippen LogP contribution in [-0.4, -0.2) is 37.2 Å². The normalized spacial score (nSPS) is 22.7. The van der Waals surface area contributed by atoms with E-state index in [9.17, 15) is 4.79 Å². The highest BCUT2D eigenvalue weighted by Gasteiger charge is 2.41. The number of nitrogens with one attached hydrogen (secondary N) is 1. The monoisotopic (exact) mass is 316 g/mol. The molecule has 1 aromatic carbocycles. The maximum Gasteiger partial charge on any atom is 0.322 e. The van der Waals surface area contributed by atoms with Crippen molar-refractivity contribution in [1.82, 2.24) is 4.90 Å². The molecule has 0 saturated carbocycles. The average molecular weight is 316 g/mol. The number of nitrogens with zero attached hydrogens (tertiary/aromatic N) is 1. The third kappa shape index (κ3) is 3.00. The smallest absolute Gasteiger partial charge is 0.322 e. The first kappa shape index (κ1) is 15.7. The van der Waals surface area contributed by atoms with E-state index in [2.05, 4.69) is 18.3 Å². The number of allylic oxidation sites excluding steroid dienone is 1. The van der Waals surface area contributed by atoms with Gasteiger partial charge in [-0.15, -0.1) is 0 Å². The minimum Gasteiger partial charge on any atom is -0.497 e. The molecule has 3 rings (SSSR count). The number of rotatable bonds is 3. The van der Waals surface area contributed by atoms with Gasteiger partial charge in [-0.3, -0.25) is 0 Å². The molecular formula is C18H24N2O3. The molecule has 2 aliphatic heterocycles. The van der Waals surface area contributed by atoms with Crippen LogP contribution in [0.4, 0.5) is 10.5 Å². The lowest BCUT2D eigenvalue weighted by Crippen LogP contribution is -2.46. The summed E-state index contributed by atoms with van der Waals surface area (Å²) < 4.78 is 10.5. The molecule has 0 radical (unpaired) electrons. The summed E-state index contributed by atoms with van der Waals surface area (Å²) in [5.41, 5.74) is 2.15. The van der Waals surface area contributed by atoms with Crippen molar-refractivity contribution in [1.29, 1.82) is 0 Å². The van der Waals surface area contributed by atoms with Crippen LogP contribution in [-0.2, 0) is 0 Å². The van der Waals surface area contributed by atoms with Gasteiger partial charge in [0.15, 0.2) is 0 Å². The second kappa shape index (κ2) is 6.52. The molecular weight excluding hydrogens is 292 g/mol. The number of fused-ring (bicyclic) bond motifs is 2. The minimum absolute atomic E-state index is 0.0314. The average Bonchev–Trinajstić information content (AvgIpc) is 2.85. The summed E-state index contributed by atoms with van der Waals surface area (Å²) in [5, 5.41) is 3.00. The van der Waals surface area contributed by atoms with E-state index < -0.39 is 0 Å². The van der Waals surface area contributed by atoms with Crippen LogP contribution < -0.4 is 14.8 Å². The van der Waals surface area contributed by atoms with Crippen LogP contribution in [0.5, 0.6) is 11.5 Å². The SMILES string of the molecule is CC=C1CC2CCC(C1)N2C(=O)Nc1ccc(OC)cc1OC.